The third-order valence-corrected chi connectivity index (χ3v) is 11.3. The average molecular weight is 538 g/mol. The van der Waals surface area contributed by atoms with E-state index >= 15 is 0 Å². The summed E-state index contributed by atoms with van der Waals surface area (Å²) in [6, 6.07) is 0. The Morgan fingerprint density at radius 2 is 1.56 bits per heavy atom. The van der Waals surface area contributed by atoms with Crippen molar-refractivity contribution in [2.24, 2.45) is 35.5 Å². The van der Waals surface area contributed by atoms with Crippen molar-refractivity contribution in [1.82, 2.24) is 35.0 Å². The second-order valence-electron chi connectivity index (χ2n) is 13.7. The molecule has 0 aliphatic heterocycles. The maximum Gasteiger partial charge on any atom is 0.345 e. The first kappa shape index (κ1) is 27.2. The van der Waals surface area contributed by atoms with E-state index in [1.54, 1.807) is 0 Å². The van der Waals surface area contributed by atoms with Crippen molar-refractivity contribution in [3.63, 3.8) is 0 Å². The van der Waals surface area contributed by atoms with Gasteiger partial charge in [0, 0.05) is 25.4 Å². The van der Waals surface area contributed by atoms with Crippen LogP contribution in [0.2, 0.25) is 0 Å². The highest BCUT2D eigenvalue weighted by Gasteiger charge is 2.37. The molecule has 5 unspecified atom stereocenters. The molecule has 2 aromatic rings. The Labute approximate surface area is 234 Å². The van der Waals surface area contributed by atoms with Gasteiger partial charge in [-0.3, -0.25) is 4.57 Å². The van der Waals surface area contributed by atoms with E-state index in [4.69, 9.17) is 5.10 Å². The number of nitrogens with zero attached hydrogens (tertiary/aromatic N) is 6. The van der Waals surface area contributed by atoms with Gasteiger partial charge < -0.3 is 0 Å². The van der Waals surface area contributed by atoms with Gasteiger partial charge in [0.1, 0.15) is 5.82 Å². The Bertz CT molecular complexity index is 1080. The molecule has 39 heavy (non-hydrogen) atoms. The van der Waals surface area contributed by atoms with Crippen LogP contribution in [0.25, 0.3) is 0 Å². The lowest BCUT2D eigenvalue weighted by atomic mass is 9.66. The van der Waals surface area contributed by atoms with Crippen LogP contribution in [0.15, 0.2) is 4.79 Å². The van der Waals surface area contributed by atoms with E-state index < -0.39 is 0 Å². The fourth-order valence-electron chi connectivity index (χ4n) is 9.12. The molecule has 2 aromatic heterocycles. The number of unbranched alkanes of at least 4 members (excludes halogenated alkanes) is 1. The van der Waals surface area contributed by atoms with Gasteiger partial charge in [-0.05, 0) is 99.7 Å². The number of aryl methyl sites for hydroxylation is 1. The lowest BCUT2D eigenvalue weighted by Crippen LogP contribution is -2.34. The van der Waals surface area contributed by atoms with Crippen molar-refractivity contribution < 1.29 is 0 Å². The molecule has 4 saturated carbocycles. The minimum absolute atomic E-state index is 0.165. The van der Waals surface area contributed by atoms with Gasteiger partial charge in [-0.2, -0.15) is 10.3 Å². The van der Waals surface area contributed by atoms with Crippen LogP contribution < -0.4 is 5.69 Å². The quantitative estimate of drug-likeness (QED) is 0.406. The fourth-order valence-corrected chi connectivity index (χ4v) is 9.12. The second-order valence-corrected chi connectivity index (χ2v) is 13.7. The number of nitrogens with one attached hydrogen (secondary N) is 1. The summed E-state index contributed by atoms with van der Waals surface area (Å²) in [4.78, 5) is 13.7. The predicted octanol–water partition coefficient (Wildman–Crippen LogP) is 6.29. The van der Waals surface area contributed by atoms with Crippen LogP contribution in [0.3, 0.4) is 0 Å². The normalized spacial score (nSPS) is 33.6. The average Bonchev–Trinajstić information content (AvgIpc) is 3.61. The minimum Gasteiger partial charge on any atom is -0.279 e. The fraction of sp³-hybridized carbons (Fsp3) is 0.903. The molecule has 5 atom stereocenters. The second kappa shape index (κ2) is 12.7. The zero-order valence-corrected chi connectivity index (χ0v) is 24.3. The van der Waals surface area contributed by atoms with Crippen LogP contribution >= 0.6 is 0 Å². The molecule has 0 amide bonds. The molecule has 4 aliphatic rings. The maximum atomic E-state index is 13.7. The number of rotatable bonds is 9. The van der Waals surface area contributed by atoms with Gasteiger partial charge in [0.25, 0.3) is 0 Å². The lowest BCUT2D eigenvalue weighted by molar-refractivity contribution is 0.118. The van der Waals surface area contributed by atoms with Gasteiger partial charge in [-0.1, -0.05) is 57.1 Å². The Morgan fingerprint density at radius 3 is 2.36 bits per heavy atom. The first-order chi connectivity index (χ1) is 19.2. The molecule has 0 bridgehead atoms. The Balaban J connectivity index is 1.09. The summed E-state index contributed by atoms with van der Waals surface area (Å²) in [5.41, 5.74) is 0.165. The largest absolute Gasteiger partial charge is 0.345 e. The summed E-state index contributed by atoms with van der Waals surface area (Å²) in [7, 11) is 0. The van der Waals surface area contributed by atoms with E-state index in [1.807, 2.05) is 4.68 Å². The summed E-state index contributed by atoms with van der Waals surface area (Å²) in [5.74, 6) is 6.93. The number of aromatic nitrogens is 7. The van der Waals surface area contributed by atoms with Crippen molar-refractivity contribution in [2.45, 2.75) is 142 Å². The molecular weight excluding hydrogens is 486 g/mol. The van der Waals surface area contributed by atoms with Gasteiger partial charge >= 0.3 is 5.69 Å². The number of tetrazole rings is 1. The van der Waals surface area contributed by atoms with Crippen LogP contribution in [0.5, 0.6) is 0 Å². The zero-order valence-electron chi connectivity index (χ0n) is 24.3. The van der Waals surface area contributed by atoms with Crippen LogP contribution in [-0.2, 0) is 19.5 Å². The van der Waals surface area contributed by atoms with Crippen molar-refractivity contribution in [2.75, 3.05) is 0 Å². The van der Waals surface area contributed by atoms with Crippen molar-refractivity contribution >= 4 is 0 Å². The molecule has 2 heterocycles. The third-order valence-electron chi connectivity index (χ3n) is 11.3. The highest BCUT2D eigenvalue weighted by molar-refractivity contribution is 5.00. The smallest absolute Gasteiger partial charge is 0.279 e. The molecule has 1 N–H and O–H groups in total. The molecule has 4 fully saturated rings. The van der Waals surface area contributed by atoms with E-state index in [-0.39, 0.29) is 5.69 Å². The standard InChI is InChI=1S/C31H51N7O/c1-2-3-12-29-34-38(21-23-15-16-24-8-4-5-9-26(24)19-23)31(39)37(29)20-22-13-17-25(18-14-22)27-10-6-7-11-28(27)30-32-35-36-33-30/h22-28H,2-21H2,1H3,(H,32,33,35,36). The topological polar surface area (TPSA) is 94.3 Å². The monoisotopic (exact) mass is 537 g/mol. The molecule has 8 nitrogen and oxygen atoms in total. The van der Waals surface area contributed by atoms with Crippen molar-refractivity contribution in [3.05, 3.63) is 22.1 Å². The minimum atomic E-state index is 0.165. The summed E-state index contributed by atoms with van der Waals surface area (Å²) < 4.78 is 3.97. The molecule has 0 radical (unpaired) electrons. The Kier molecular flexibility index (Phi) is 8.84. The molecule has 0 saturated heterocycles. The lowest BCUT2D eigenvalue weighted by Gasteiger charge is -2.39. The van der Waals surface area contributed by atoms with Gasteiger partial charge in [0.15, 0.2) is 5.82 Å². The van der Waals surface area contributed by atoms with Gasteiger partial charge in [-0.25, -0.2) is 9.48 Å². The van der Waals surface area contributed by atoms with Gasteiger partial charge in [-0.15, -0.1) is 10.2 Å². The van der Waals surface area contributed by atoms with Crippen molar-refractivity contribution in [1.29, 1.82) is 0 Å². The van der Waals surface area contributed by atoms with E-state index in [0.717, 1.165) is 61.8 Å². The summed E-state index contributed by atoms with van der Waals surface area (Å²) in [5, 5.41) is 20.3. The molecule has 4 aliphatic carbocycles. The molecular formula is C31H51N7O. The van der Waals surface area contributed by atoms with Gasteiger partial charge in [0.2, 0.25) is 0 Å². The van der Waals surface area contributed by atoms with Crippen LogP contribution in [-0.4, -0.2) is 35.0 Å². The van der Waals surface area contributed by atoms with Crippen LogP contribution in [0.1, 0.15) is 134 Å². The predicted molar refractivity (Wildman–Crippen MR) is 152 cm³/mol. The van der Waals surface area contributed by atoms with E-state index in [1.165, 1.54) is 96.3 Å². The molecule has 0 spiro atoms. The first-order valence-corrected chi connectivity index (χ1v) is 16.6. The van der Waals surface area contributed by atoms with Crippen LogP contribution in [0.4, 0.5) is 0 Å². The van der Waals surface area contributed by atoms with E-state index in [2.05, 4.69) is 32.1 Å². The number of hydrogen-bond donors (Lipinski definition) is 1. The number of hydrogen-bond acceptors (Lipinski definition) is 5. The van der Waals surface area contributed by atoms with E-state index in [9.17, 15) is 4.79 Å². The molecule has 216 valence electrons. The molecule has 6 rings (SSSR count). The Morgan fingerprint density at radius 1 is 0.821 bits per heavy atom. The highest BCUT2D eigenvalue weighted by Crippen LogP contribution is 2.46. The Hall–Kier alpha value is -1.99. The van der Waals surface area contributed by atoms with E-state index in [0.29, 0.717) is 23.7 Å². The molecule has 8 heteroatoms. The third kappa shape index (κ3) is 6.19. The number of H-pyrrole nitrogens is 1. The maximum absolute atomic E-state index is 13.7. The van der Waals surface area contributed by atoms with Crippen molar-refractivity contribution in [3.8, 4) is 0 Å². The number of fused-ring (bicyclic) bond motifs is 1. The highest BCUT2D eigenvalue weighted by atomic mass is 16.2. The summed E-state index contributed by atoms with van der Waals surface area (Å²) in [6.45, 7) is 3.93. The zero-order chi connectivity index (χ0) is 26.6. The summed E-state index contributed by atoms with van der Waals surface area (Å²) >= 11 is 0. The first-order valence-electron chi connectivity index (χ1n) is 16.6. The molecule has 0 aromatic carbocycles. The summed E-state index contributed by atoms with van der Waals surface area (Å²) in [6.07, 6.45) is 22.9. The SMILES string of the molecule is CCCCc1nn(CC2CCC3CCCCC3C2)c(=O)n1CC1CCC(C2CCCCC2c2nn[nH]n2)CC1. The number of aromatic amines is 1. The van der Waals surface area contributed by atoms with Gasteiger partial charge in [0.05, 0.1) is 0 Å². The van der Waals surface area contributed by atoms with Crippen LogP contribution in [0, 0.1) is 35.5 Å².